The first-order valence-electron chi connectivity index (χ1n) is 8.51. The number of sulfone groups is 1. The molecule has 0 aromatic heterocycles. The molecule has 0 fully saturated rings. The molecule has 0 bridgehead atoms. The largest absolute Gasteiger partial charge is 0.296 e. The van der Waals surface area contributed by atoms with Crippen LogP contribution in [0.4, 0.5) is 8.78 Å². The maximum absolute atomic E-state index is 13.6. The molecule has 1 aliphatic heterocycles. The molecule has 0 saturated carbocycles. The van der Waals surface area contributed by atoms with Crippen LogP contribution in [-0.4, -0.2) is 36.9 Å². The molecule has 1 aromatic carbocycles. The van der Waals surface area contributed by atoms with Crippen molar-refractivity contribution in [2.24, 2.45) is 0 Å². The van der Waals surface area contributed by atoms with Crippen molar-refractivity contribution < 1.29 is 17.2 Å². The maximum Gasteiger partial charge on any atom is 0.159 e. The second-order valence-electron chi connectivity index (χ2n) is 7.46. The van der Waals surface area contributed by atoms with Crippen molar-refractivity contribution in [3.8, 4) is 0 Å². The Morgan fingerprint density at radius 2 is 1.83 bits per heavy atom. The van der Waals surface area contributed by atoms with Gasteiger partial charge in [-0.2, -0.15) is 0 Å². The van der Waals surface area contributed by atoms with E-state index in [0.29, 0.717) is 19.4 Å². The zero-order valence-electron chi connectivity index (χ0n) is 14.9. The summed E-state index contributed by atoms with van der Waals surface area (Å²) in [4.78, 5) is 2.19. The molecule has 6 heteroatoms. The number of nitrogens with zero attached hydrogens (tertiary/aromatic N) is 1. The van der Waals surface area contributed by atoms with Crippen molar-refractivity contribution >= 4 is 9.84 Å². The quantitative estimate of drug-likeness (QED) is 0.801. The molecule has 0 N–H and O–H groups in total. The normalized spacial score (nSPS) is 19.3. The third-order valence-electron chi connectivity index (χ3n) is 4.83. The van der Waals surface area contributed by atoms with Crippen molar-refractivity contribution in [2.45, 2.75) is 57.7 Å². The molecular formula is C18H27F2NO2S. The highest BCUT2D eigenvalue weighted by Crippen LogP contribution is 2.33. The van der Waals surface area contributed by atoms with Crippen LogP contribution in [0.1, 0.15) is 57.7 Å². The highest BCUT2D eigenvalue weighted by molar-refractivity contribution is 7.92. The summed E-state index contributed by atoms with van der Waals surface area (Å²) in [6.07, 6.45) is 1.99. The van der Waals surface area contributed by atoms with E-state index in [2.05, 4.69) is 4.90 Å². The minimum absolute atomic E-state index is 0.0150. The van der Waals surface area contributed by atoms with Gasteiger partial charge in [0.25, 0.3) is 0 Å². The van der Waals surface area contributed by atoms with Crippen LogP contribution in [0, 0.1) is 11.6 Å². The van der Waals surface area contributed by atoms with Crippen LogP contribution in [-0.2, 0) is 16.3 Å². The molecule has 2 rings (SSSR count). The molecule has 1 atom stereocenters. The number of benzene rings is 1. The number of hydrogen-bond acceptors (Lipinski definition) is 3. The van der Waals surface area contributed by atoms with Gasteiger partial charge in [-0.1, -0.05) is 6.92 Å². The van der Waals surface area contributed by atoms with Gasteiger partial charge in [0.1, 0.15) is 0 Å². The van der Waals surface area contributed by atoms with Crippen molar-refractivity contribution in [3.63, 3.8) is 0 Å². The van der Waals surface area contributed by atoms with Gasteiger partial charge in [-0.3, -0.25) is 4.90 Å². The monoisotopic (exact) mass is 359 g/mol. The average molecular weight is 359 g/mol. The zero-order valence-corrected chi connectivity index (χ0v) is 15.7. The van der Waals surface area contributed by atoms with E-state index in [-0.39, 0.29) is 11.8 Å². The third kappa shape index (κ3) is 3.97. The first-order valence-corrected chi connectivity index (χ1v) is 10.2. The molecule has 0 amide bonds. The maximum atomic E-state index is 13.6. The number of halogens is 2. The lowest BCUT2D eigenvalue weighted by Crippen LogP contribution is -2.38. The fourth-order valence-corrected chi connectivity index (χ4v) is 4.38. The van der Waals surface area contributed by atoms with E-state index in [1.54, 1.807) is 20.8 Å². The van der Waals surface area contributed by atoms with Crippen LogP contribution in [0.5, 0.6) is 0 Å². The Bertz CT molecular complexity index is 696. The van der Waals surface area contributed by atoms with Crippen molar-refractivity contribution in [3.05, 3.63) is 34.9 Å². The van der Waals surface area contributed by atoms with Crippen molar-refractivity contribution in [2.75, 3.05) is 18.8 Å². The first-order chi connectivity index (χ1) is 11.1. The van der Waals surface area contributed by atoms with Gasteiger partial charge < -0.3 is 0 Å². The summed E-state index contributed by atoms with van der Waals surface area (Å²) >= 11 is 0. The van der Waals surface area contributed by atoms with Crippen LogP contribution in [0.15, 0.2) is 12.1 Å². The number of fused-ring (bicyclic) bond motifs is 1. The average Bonchev–Trinajstić information content (AvgIpc) is 2.47. The molecule has 1 unspecified atom stereocenters. The van der Waals surface area contributed by atoms with Gasteiger partial charge in [-0.25, -0.2) is 17.2 Å². The summed E-state index contributed by atoms with van der Waals surface area (Å²) in [6.45, 7) is 8.54. The summed E-state index contributed by atoms with van der Waals surface area (Å²) in [7, 11) is -3.13. The lowest BCUT2D eigenvalue weighted by atomic mass is 9.90. The van der Waals surface area contributed by atoms with Crippen LogP contribution in [0.3, 0.4) is 0 Å². The molecule has 24 heavy (non-hydrogen) atoms. The smallest absolute Gasteiger partial charge is 0.159 e. The van der Waals surface area contributed by atoms with Crippen molar-refractivity contribution in [1.29, 1.82) is 0 Å². The molecule has 136 valence electrons. The fourth-order valence-electron chi connectivity index (χ4n) is 3.26. The number of hydrogen-bond donors (Lipinski definition) is 0. The zero-order chi connectivity index (χ0) is 18.1. The van der Waals surface area contributed by atoms with Crippen LogP contribution < -0.4 is 0 Å². The predicted molar refractivity (Wildman–Crippen MR) is 92.8 cm³/mol. The standard InChI is InChI=1S/C18H27F2NO2S/c1-5-17-14-12-16(20)15(19)11-13(14)7-9-21(17)8-6-10-24(22,23)18(2,3)4/h11-12,17H,5-10H2,1-4H3. The van der Waals surface area contributed by atoms with Gasteiger partial charge >= 0.3 is 0 Å². The Morgan fingerprint density at radius 3 is 2.42 bits per heavy atom. The molecule has 0 radical (unpaired) electrons. The SMILES string of the molecule is CCC1c2cc(F)c(F)cc2CCN1CCCS(=O)(=O)C(C)(C)C. The Labute approximate surface area is 144 Å². The summed E-state index contributed by atoms with van der Waals surface area (Å²) < 4.78 is 50.7. The Hall–Kier alpha value is -1.01. The van der Waals surface area contributed by atoms with Gasteiger partial charge in [0, 0.05) is 12.6 Å². The van der Waals surface area contributed by atoms with Crippen LogP contribution >= 0.6 is 0 Å². The van der Waals surface area contributed by atoms with Gasteiger partial charge in [0.15, 0.2) is 21.5 Å². The summed E-state index contributed by atoms with van der Waals surface area (Å²) in [6, 6.07) is 2.62. The van der Waals surface area contributed by atoms with Gasteiger partial charge in [0.2, 0.25) is 0 Å². The molecular weight excluding hydrogens is 332 g/mol. The Balaban J connectivity index is 2.08. The fraction of sp³-hybridized carbons (Fsp3) is 0.667. The van der Waals surface area contributed by atoms with E-state index in [4.69, 9.17) is 0 Å². The second kappa shape index (κ2) is 7.08. The predicted octanol–water partition coefficient (Wildman–Crippen LogP) is 3.88. The molecule has 1 aliphatic rings. The molecule has 0 spiro atoms. The highest BCUT2D eigenvalue weighted by Gasteiger charge is 2.30. The topological polar surface area (TPSA) is 37.4 Å². The van der Waals surface area contributed by atoms with E-state index < -0.39 is 26.2 Å². The number of rotatable bonds is 5. The summed E-state index contributed by atoms with van der Waals surface area (Å²) in [5, 5.41) is 0. The van der Waals surface area contributed by atoms with Crippen LogP contribution in [0.25, 0.3) is 0 Å². The van der Waals surface area contributed by atoms with E-state index in [1.165, 1.54) is 12.1 Å². The minimum Gasteiger partial charge on any atom is -0.296 e. The van der Waals surface area contributed by atoms with Gasteiger partial charge in [-0.05, 0) is 69.8 Å². The van der Waals surface area contributed by atoms with Crippen LogP contribution in [0.2, 0.25) is 0 Å². The minimum atomic E-state index is -3.13. The van der Waals surface area contributed by atoms with Crippen molar-refractivity contribution in [1.82, 2.24) is 4.90 Å². The molecule has 1 heterocycles. The molecule has 0 saturated heterocycles. The van der Waals surface area contributed by atoms with E-state index in [0.717, 1.165) is 24.1 Å². The Morgan fingerprint density at radius 1 is 1.21 bits per heavy atom. The lowest BCUT2D eigenvalue weighted by molar-refractivity contribution is 0.180. The second-order valence-corrected chi connectivity index (χ2v) is 10.3. The van der Waals surface area contributed by atoms with E-state index >= 15 is 0 Å². The third-order valence-corrected chi connectivity index (χ3v) is 7.52. The van der Waals surface area contributed by atoms with E-state index in [9.17, 15) is 17.2 Å². The van der Waals surface area contributed by atoms with Gasteiger partial charge in [-0.15, -0.1) is 0 Å². The Kier molecular flexibility index (Phi) is 5.70. The summed E-state index contributed by atoms with van der Waals surface area (Å²) in [5.41, 5.74) is 1.70. The first kappa shape index (κ1) is 19.3. The molecule has 0 aliphatic carbocycles. The molecule has 1 aromatic rings. The lowest BCUT2D eigenvalue weighted by Gasteiger charge is -2.37. The summed E-state index contributed by atoms with van der Waals surface area (Å²) in [5.74, 6) is -1.47. The van der Waals surface area contributed by atoms with Gasteiger partial charge in [0.05, 0.1) is 10.5 Å². The highest BCUT2D eigenvalue weighted by atomic mass is 32.2. The van der Waals surface area contributed by atoms with E-state index in [1.807, 2.05) is 6.92 Å². The molecule has 3 nitrogen and oxygen atoms in total.